The van der Waals surface area contributed by atoms with Crippen molar-refractivity contribution in [3.63, 3.8) is 0 Å². The minimum Gasteiger partial charge on any atom is -0.366 e. The van der Waals surface area contributed by atoms with Gasteiger partial charge in [0.1, 0.15) is 0 Å². The highest BCUT2D eigenvalue weighted by Gasteiger charge is 2.51. The molecule has 0 bridgehead atoms. The molecule has 2 heterocycles. The van der Waals surface area contributed by atoms with E-state index in [4.69, 9.17) is 4.74 Å². The van der Waals surface area contributed by atoms with E-state index in [-0.39, 0.29) is 0 Å². The maximum absolute atomic E-state index is 5.62. The maximum Gasteiger partial charge on any atom is 0.0994 e. The van der Waals surface area contributed by atoms with Gasteiger partial charge in [-0.05, 0) is 25.7 Å². The minimum absolute atomic E-state index is 0.609. The number of ether oxygens (including phenoxy) is 1. The second-order valence-corrected chi connectivity index (χ2v) is 4.56. The second-order valence-electron chi connectivity index (χ2n) is 4.56. The average Bonchev–Trinajstić information content (AvgIpc) is 2.63. The van der Waals surface area contributed by atoms with Crippen molar-refractivity contribution < 1.29 is 4.74 Å². The van der Waals surface area contributed by atoms with Gasteiger partial charge in [-0.1, -0.05) is 6.42 Å². The van der Waals surface area contributed by atoms with Gasteiger partial charge in [0.05, 0.1) is 13.3 Å². The molecule has 1 aliphatic carbocycles. The zero-order chi connectivity index (χ0) is 8.02. The van der Waals surface area contributed by atoms with Gasteiger partial charge in [0.2, 0.25) is 0 Å². The molecule has 68 valence electrons. The van der Waals surface area contributed by atoms with Gasteiger partial charge < -0.3 is 4.74 Å². The van der Waals surface area contributed by atoms with Crippen molar-refractivity contribution in [3.05, 3.63) is 0 Å². The van der Waals surface area contributed by atoms with E-state index in [1.54, 1.807) is 0 Å². The molecule has 1 spiro atoms. The minimum atomic E-state index is 0.609. The molecule has 3 rings (SSSR count). The van der Waals surface area contributed by atoms with Gasteiger partial charge in [0, 0.05) is 18.0 Å². The summed E-state index contributed by atoms with van der Waals surface area (Å²) in [6.45, 7) is 3.24. The van der Waals surface area contributed by atoms with Crippen molar-refractivity contribution in [1.82, 2.24) is 4.90 Å². The lowest BCUT2D eigenvalue weighted by Gasteiger charge is -2.44. The summed E-state index contributed by atoms with van der Waals surface area (Å²) >= 11 is 0. The molecule has 0 aromatic rings. The first kappa shape index (κ1) is 7.34. The van der Waals surface area contributed by atoms with E-state index in [2.05, 4.69) is 4.90 Å². The summed E-state index contributed by atoms with van der Waals surface area (Å²) in [4.78, 5) is 2.61. The lowest BCUT2D eigenvalue weighted by Crippen LogP contribution is -2.52. The Balaban J connectivity index is 1.93. The second kappa shape index (κ2) is 2.46. The molecule has 0 aromatic heterocycles. The summed E-state index contributed by atoms with van der Waals surface area (Å²) < 4.78 is 5.62. The van der Waals surface area contributed by atoms with Gasteiger partial charge in [-0.2, -0.15) is 0 Å². The van der Waals surface area contributed by atoms with Crippen LogP contribution in [0.3, 0.4) is 0 Å². The zero-order valence-electron chi connectivity index (χ0n) is 7.59. The molecule has 1 saturated carbocycles. The Morgan fingerprint density at radius 2 is 2.17 bits per heavy atom. The Morgan fingerprint density at radius 3 is 3.17 bits per heavy atom. The van der Waals surface area contributed by atoms with Crippen LogP contribution in [0, 0.1) is 5.92 Å². The average molecular weight is 167 g/mol. The van der Waals surface area contributed by atoms with E-state index >= 15 is 0 Å². The van der Waals surface area contributed by atoms with Gasteiger partial charge in [0.15, 0.2) is 0 Å². The molecule has 12 heavy (non-hydrogen) atoms. The number of nitrogens with zero attached hydrogens (tertiary/aromatic N) is 1. The van der Waals surface area contributed by atoms with Crippen LogP contribution >= 0.6 is 0 Å². The van der Waals surface area contributed by atoms with Crippen LogP contribution in [-0.2, 0) is 4.74 Å². The fourth-order valence-electron chi connectivity index (χ4n) is 3.57. The largest absolute Gasteiger partial charge is 0.366 e. The van der Waals surface area contributed by atoms with Gasteiger partial charge >= 0.3 is 0 Å². The first-order valence-electron chi connectivity index (χ1n) is 5.25. The summed E-state index contributed by atoms with van der Waals surface area (Å²) in [5.74, 6) is 0.869. The fourth-order valence-corrected chi connectivity index (χ4v) is 3.57. The summed E-state index contributed by atoms with van der Waals surface area (Å²) in [6.07, 6.45) is 7.14. The summed E-state index contributed by atoms with van der Waals surface area (Å²) in [7, 11) is 0. The molecule has 2 saturated heterocycles. The molecular formula is C10H17NO. The molecule has 2 heteroatoms. The Labute approximate surface area is 73.9 Å². The van der Waals surface area contributed by atoms with Crippen LogP contribution in [0.5, 0.6) is 0 Å². The first-order chi connectivity index (χ1) is 5.92. The zero-order valence-corrected chi connectivity index (χ0v) is 7.59. The smallest absolute Gasteiger partial charge is 0.0994 e. The summed E-state index contributed by atoms with van der Waals surface area (Å²) in [5, 5.41) is 0. The predicted octanol–water partition coefficient (Wildman–Crippen LogP) is 1.61. The van der Waals surface area contributed by atoms with Crippen molar-refractivity contribution in [2.75, 3.05) is 19.9 Å². The third kappa shape index (κ3) is 0.775. The number of rotatable bonds is 0. The predicted molar refractivity (Wildman–Crippen MR) is 46.8 cm³/mol. The van der Waals surface area contributed by atoms with Crippen molar-refractivity contribution in [1.29, 1.82) is 0 Å². The van der Waals surface area contributed by atoms with Crippen LogP contribution in [-0.4, -0.2) is 30.3 Å². The van der Waals surface area contributed by atoms with Crippen LogP contribution in [0.4, 0.5) is 0 Å². The molecule has 2 nitrogen and oxygen atoms in total. The molecular weight excluding hydrogens is 150 g/mol. The van der Waals surface area contributed by atoms with Crippen LogP contribution in [0.1, 0.15) is 32.1 Å². The van der Waals surface area contributed by atoms with Crippen molar-refractivity contribution in [3.8, 4) is 0 Å². The fraction of sp³-hybridized carbons (Fsp3) is 1.00. The first-order valence-corrected chi connectivity index (χ1v) is 5.25. The molecule has 0 amide bonds. The van der Waals surface area contributed by atoms with E-state index in [1.165, 1.54) is 38.6 Å². The van der Waals surface area contributed by atoms with E-state index < -0.39 is 0 Å². The molecule has 2 atom stereocenters. The van der Waals surface area contributed by atoms with Gasteiger partial charge in [-0.3, -0.25) is 4.90 Å². The Kier molecular flexibility index (Phi) is 1.50. The monoisotopic (exact) mass is 167 g/mol. The topological polar surface area (TPSA) is 12.5 Å². The van der Waals surface area contributed by atoms with E-state index in [0.29, 0.717) is 5.54 Å². The molecule has 0 aromatic carbocycles. The molecule has 2 aliphatic heterocycles. The van der Waals surface area contributed by atoms with Gasteiger partial charge in [-0.15, -0.1) is 0 Å². The molecule has 2 unspecified atom stereocenters. The van der Waals surface area contributed by atoms with Crippen molar-refractivity contribution >= 4 is 0 Å². The van der Waals surface area contributed by atoms with Crippen LogP contribution in [0.2, 0.25) is 0 Å². The Hall–Kier alpha value is -0.0800. The third-order valence-electron chi connectivity index (χ3n) is 4.16. The number of hydrogen-bond acceptors (Lipinski definition) is 2. The van der Waals surface area contributed by atoms with E-state index in [0.717, 1.165) is 19.3 Å². The van der Waals surface area contributed by atoms with Gasteiger partial charge in [-0.25, -0.2) is 0 Å². The highest BCUT2D eigenvalue weighted by Crippen LogP contribution is 2.48. The lowest BCUT2D eigenvalue weighted by molar-refractivity contribution is -0.102. The summed E-state index contributed by atoms with van der Waals surface area (Å²) in [6, 6.07) is 0. The molecule has 0 radical (unpaired) electrons. The Bertz CT molecular complexity index is 172. The highest BCUT2D eigenvalue weighted by atomic mass is 16.5. The van der Waals surface area contributed by atoms with Crippen LogP contribution < -0.4 is 0 Å². The van der Waals surface area contributed by atoms with E-state index in [1.807, 2.05) is 0 Å². The van der Waals surface area contributed by atoms with Crippen LogP contribution in [0.15, 0.2) is 0 Å². The lowest BCUT2D eigenvalue weighted by atomic mass is 9.84. The SMILES string of the molecule is C1CC2COCN3CCCC23C1. The van der Waals surface area contributed by atoms with Gasteiger partial charge in [0.25, 0.3) is 0 Å². The number of hydrogen-bond donors (Lipinski definition) is 0. The van der Waals surface area contributed by atoms with Crippen molar-refractivity contribution in [2.45, 2.75) is 37.6 Å². The van der Waals surface area contributed by atoms with Crippen LogP contribution in [0.25, 0.3) is 0 Å². The molecule has 0 N–H and O–H groups in total. The standard InChI is InChI=1S/C10H17NO/c1-3-9-7-12-8-11-6-2-5-10(9,11)4-1/h9H,1-8H2. The third-order valence-corrected chi connectivity index (χ3v) is 4.16. The van der Waals surface area contributed by atoms with Crippen molar-refractivity contribution in [2.24, 2.45) is 5.92 Å². The highest BCUT2D eigenvalue weighted by molar-refractivity contribution is 5.05. The molecule has 3 fully saturated rings. The molecule has 3 aliphatic rings. The maximum atomic E-state index is 5.62. The quantitative estimate of drug-likeness (QED) is 0.543. The van der Waals surface area contributed by atoms with E-state index in [9.17, 15) is 0 Å². The Morgan fingerprint density at radius 1 is 1.25 bits per heavy atom. The normalized spacial score (nSPS) is 47.5. The summed E-state index contributed by atoms with van der Waals surface area (Å²) in [5.41, 5.74) is 0.609.